The van der Waals surface area contributed by atoms with E-state index in [9.17, 15) is 14.0 Å². The highest BCUT2D eigenvalue weighted by Gasteiger charge is 2.33. The summed E-state index contributed by atoms with van der Waals surface area (Å²) in [5, 5.41) is 0.333. The third-order valence-electron chi connectivity index (χ3n) is 3.58. The SMILES string of the molecule is COC(=O)c1ccc(F)cc1Oc1cnc2[nH]cc(C(=O)C(Cl)(Cl)Cl)c2c1. The van der Waals surface area contributed by atoms with Crippen molar-refractivity contribution in [2.75, 3.05) is 7.11 Å². The van der Waals surface area contributed by atoms with Crippen molar-refractivity contribution in [1.29, 1.82) is 0 Å². The van der Waals surface area contributed by atoms with Gasteiger partial charge in [-0.1, -0.05) is 34.8 Å². The molecule has 27 heavy (non-hydrogen) atoms. The molecule has 2 aromatic heterocycles. The third kappa shape index (κ3) is 4.00. The van der Waals surface area contributed by atoms with Crippen LogP contribution < -0.4 is 4.74 Å². The first-order valence-electron chi connectivity index (χ1n) is 7.35. The van der Waals surface area contributed by atoms with Gasteiger partial charge >= 0.3 is 5.97 Å². The van der Waals surface area contributed by atoms with E-state index in [0.717, 1.165) is 12.1 Å². The second-order valence-corrected chi connectivity index (χ2v) is 7.61. The molecular formula is C17H10Cl3FN2O4. The summed E-state index contributed by atoms with van der Waals surface area (Å²) < 4.78 is 21.7. The molecule has 0 amide bonds. The molecule has 6 nitrogen and oxygen atoms in total. The molecule has 1 N–H and O–H groups in total. The number of benzene rings is 1. The molecule has 0 fully saturated rings. The van der Waals surface area contributed by atoms with E-state index in [1.807, 2.05) is 0 Å². The lowest BCUT2D eigenvalue weighted by atomic mass is 10.1. The number of nitrogens with one attached hydrogen (secondary N) is 1. The number of esters is 1. The number of aromatic amines is 1. The van der Waals surface area contributed by atoms with E-state index in [1.165, 1.54) is 31.6 Å². The zero-order valence-corrected chi connectivity index (χ0v) is 15.8. The van der Waals surface area contributed by atoms with Crippen molar-refractivity contribution < 1.29 is 23.5 Å². The summed E-state index contributed by atoms with van der Waals surface area (Å²) in [5.41, 5.74) is 0.466. The highest BCUT2D eigenvalue weighted by Crippen LogP contribution is 2.34. The first-order valence-corrected chi connectivity index (χ1v) is 8.48. The van der Waals surface area contributed by atoms with Crippen LogP contribution in [0.2, 0.25) is 0 Å². The maximum Gasteiger partial charge on any atom is 0.341 e. The van der Waals surface area contributed by atoms with Crippen molar-refractivity contribution in [1.82, 2.24) is 9.97 Å². The van der Waals surface area contributed by atoms with Gasteiger partial charge in [-0.25, -0.2) is 14.2 Å². The van der Waals surface area contributed by atoms with Crippen LogP contribution in [-0.4, -0.2) is 32.6 Å². The molecule has 0 saturated carbocycles. The predicted octanol–water partition coefficient (Wildman–Crippen LogP) is 4.83. The van der Waals surface area contributed by atoms with Crippen LogP contribution in [0.3, 0.4) is 0 Å². The highest BCUT2D eigenvalue weighted by atomic mass is 35.6. The lowest BCUT2D eigenvalue weighted by Gasteiger charge is -2.11. The molecule has 0 spiro atoms. The van der Waals surface area contributed by atoms with Gasteiger partial charge in [0, 0.05) is 23.2 Å². The number of nitrogens with zero attached hydrogens (tertiary/aromatic N) is 1. The van der Waals surface area contributed by atoms with Gasteiger partial charge in [0.2, 0.25) is 5.78 Å². The minimum absolute atomic E-state index is 0.0191. The van der Waals surface area contributed by atoms with E-state index in [4.69, 9.17) is 39.5 Å². The average molecular weight is 432 g/mol. The number of rotatable bonds is 4. The number of hydrogen-bond acceptors (Lipinski definition) is 5. The van der Waals surface area contributed by atoms with Gasteiger partial charge in [0.1, 0.15) is 28.5 Å². The van der Waals surface area contributed by atoms with Gasteiger partial charge < -0.3 is 14.5 Å². The Morgan fingerprint density at radius 2 is 1.93 bits per heavy atom. The maximum absolute atomic E-state index is 13.6. The second-order valence-electron chi connectivity index (χ2n) is 5.33. The summed E-state index contributed by atoms with van der Waals surface area (Å²) >= 11 is 17.0. The van der Waals surface area contributed by atoms with Crippen LogP contribution in [0.25, 0.3) is 11.0 Å². The molecule has 0 unspecified atom stereocenters. The second kappa shape index (κ2) is 7.34. The fourth-order valence-corrected chi connectivity index (χ4v) is 2.67. The topological polar surface area (TPSA) is 81.3 Å². The van der Waals surface area contributed by atoms with Gasteiger partial charge in [-0.05, 0) is 18.2 Å². The van der Waals surface area contributed by atoms with Gasteiger partial charge in [-0.2, -0.15) is 0 Å². The number of fused-ring (bicyclic) bond motifs is 1. The fraction of sp³-hybridized carbons (Fsp3) is 0.118. The maximum atomic E-state index is 13.6. The van der Waals surface area contributed by atoms with E-state index in [-0.39, 0.29) is 22.6 Å². The Balaban J connectivity index is 2.03. The molecule has 0 radical (unpaired) electrons. The van der Waals surface area contributed by atoms with Gasteiger partial charge in [-0.3, -0.25) is 4.79 Å². The normalized spacial score (nSPS) is 11.4. The Hall–Kier alpha value is -2.35. The average Bonchev–Trinajstić information content (AvgIpc) is 3.03. The zero-order chi connectivity index (χ0) is 19.8. The minimum Gasteiger partial charge on any atom is -0.465 e. The van der Waals surface area contributed by atoms with E-state index >= 15 is 0 Å². The van der Waals surface area contributed by atoms with Gasteiger partial charge in [0.15, 0.2) is 0 Å². The first-order chi connectivity index (χ1) is 12.7. The van der Waals surface area contributed by atoms with Crippen molar-refractivity contribution in [3.63, 3.8) is 0 Å². The molecule has 3 rings (SSSR count). The van der Waals surface area contributed by atoms with Crippen molar-refractivity contribution in [2.24, 2.45) is 0 Å². The number of aromatic nitrogens is 2. The Morgan fingerprint density at radius 1 is 1.19 bits per heavy atom. The lowest BCUT2D eigenvalue weighted by molar-refractivity contribution is 0.0597. The monoisotopic (exact) mass is 430 g/mol. The van der Waals surface area contributed by atoms with Crippen molar-refractivity contribution in [2.45, 2.75) is 3.79 Å². The Kier molecular flexibility index (Phi) is 5.28. The molecule has 0 atom stereocenters. The standard InChI is InChI=1S/C17H10Cl3FN2O4/c1-26-16(25)10-3-2-8(21)4-13(10)27-9-5-11-12(14(24)17(18,19)20)7-23-15(11)22-6-9/h2-7H,1H3,(H,22,23). The Labute approximate surface area is 167 Å². The number of hydrogen-bond donors (Lipinski definition) is 1. The Morgan fingerprint density at radius 3 is 2.59 bits per heavy atom. The summed E-state index contributed by atoms with van der Waals surface area (Å²) in [6.07, 6.45) is 2.68. The van der Waals surface area contributed by atoms with Crippen LogP contribution in [0.4, 0.5) is 4.39 Å². The van der Waals surface area contributed by atoms with Crippen LogP contribution in [0.5, 0.6) is 11.5 Å². The van der Waals surface area contributed by atoms with E-state index in [0.29, 0.717) is 11.0 Å². The number of methoxy groups -OCH3 is 1. The molecule has 1 aromatic carbocycles. The van der Waals surface area contributed by atoms with Gasteiger partial charge in [0.25, 0.3) is 3.79 Å². The van der Waals surface area contributed by atoms with Crippen LogP contribution in [-0.2, 0) is 4.74 Å². The van der Waals surface area contributed by atoms with Gasteiger partial charge in [-0.15, -0.1) is 0 Å². The minimum atomic E-state index is -2.15. The number of pyridine rings is 1. The van der Waals surface area contributed by atoms with E-state index < -0.39 is 21.4 Å². The number of halogens is 4. The highest BCUT2D eigenvalue weighted by molar-refractivity contribution is 6.77. The zero-order valence-electron chi connectivity index (χ0n) is 13.6. The molecule has 10 heteroatoms. The molecule has 0 aliphatic heterocycles. The molecule has 0 aliphatic carbocycles. The first kappa shape index (κ1) is 19.4. The van der Waals surface area contributed by atoms with Crippen LogP contribution in [0, 0.1) is 5.82 Å². The van der Waals surface area contributed by atoms with Crippen LogP contribution in [0.1, 0.15) is 20.7 Å². The molecular weight excluding hydrogens is 422 g/mol. The van der Waals surface area contributed by atoms with Crippen molar-refractivity contribution in [3.8, 4) is 11.5 Å². The summed E-state index contributed by atoms with van der Waals surface area (Å²) in [7, 11) is 1.19. The summed E-state index contributed by atoms with van der Waals surface area (Å²) in [6.45, 7) is 0. The quantitative estimate of drug-likeness (QED) is 0.363. The largest absolute Gasteiger partial charge is 0.465 e. The van der Waals surface area contributed by atoms with Crippen molar-refractivity contribution >= 4 is 57.6 Å². The third-order valence-corrected chi connectivity index (χ3v) is 4.10. The number of alkyl halides is 3. The molecule has 3 aromatic rings. The van der Waals surface area contributed by atoms with Crippen LogP contribution in [0.15, 0.2) is 36.7 Å². The van der Waals surface area contributed by atoms with Crippen LogP contribution >= 0.6 is 34.8 Å². The molecule has 0 bridgehead atoms. The number of ketones is 1. The summed E-state index contributed by atoms with van der Waals surface area (Å²) in [5.74, 6) is -2.00. The lowest BCUT2D eigenvalue weighted by Crippen LogP contribution is -2.18. The van der Waals surface area contributed by atoms with E-state index in [2.05, 4.69) is 14.7 Å². The number of H-pyrrole nitrogens is 1. The smallest absolute Gasteiger partial charge is 0.341 e. The number of Topliss-reactive ketones (excluding diaryl/α,β-unsaturated/α-hetero) is 1. The molecule has 0 aliphatic rings. The fourth-order valence-electron chi connectivity index (χ4n) is 2.37. The Bertz CT molecular complexity index is 1050. The number of carbonyl (C=O) groups excluding carboxylic acids is 2. The van der Waals surface area contributed by atoms with E-state index in [1.54, 1.807) is 0 Å². The number of ether oxygens (including phenoxy) is 2. The molecule has 2 heterocycles. The summed E-state index contributed by atoms with van der Waals surface area (Å²) in [6, 6.07) is 4.82. The summed E-state index contributed by atoms with van der Waals surface area (Å²) in [4.78, 5) is 31.0. The van der Waals surface area contributed by atoms with Crippen molar-refractivity contribution in [3.05, 3.63) is 53.6 Å². The predicted molar refractivity (Wildman–Crippen MR) is 98.5 cm³/mol. The molecule has 0 saturated heterocycles. The number of carbonyl (C=O) groups is 2. The van der Waals surface area contributed by atoms with Gasteiger partial charge in [0.05, 0.1) is 13.3 Å². The molecule has 140 valence electrons.